The lowest BCUT2D eigenvalue weighted by Gasteiger charge is -2.33. The fourth-order valence-corrected chi connectivity index (χ4v) is 3.95. The van der Waals surface area contributed by atoms with E-state index in [0.29, 0.717) is 10.8 Å². The van der Waals surface area contributed by atoms with Gasteiger partial charge in [-0.3, -0.25) is 0 Å². The Bertz CT molecular complexity index is 355. The van der Waals surface area contributed by atoms with Crippen LogP contribution in [0.3, 0.4) is 0 Å². The number of thioether (sulfide) groups is 1. The van der Waals surface area contributed by atoms with Crippen LogP contribution in [0, 0.1) is 0 Å². The molecule has 0 aromatic carbocycles. The molecule has 1 saturated heterocycles. The normalized spacial score (nSPS) is 26.3. The van der Waals surface area contributed by atoms with Gasteiger partial charge in [0.25, 0.3) is 0 Å². The van der Waals surface area contributed by atoms with Crippen molar-refractivity contribution in [3.8, 4) is 0 Å². The lowest BCUT2D eigenvalue weighted by molar-refractivity contribution is 0.389. The van der Waals surface area contributed by atoms with Gasteiger partial charge in [-0.05, 0) is 38.5 Å². The second kappa shape index (κ2) is 5.44. The number of rotatable bonds is 5. The molecule has 1 aromatic heterocycles. The zero-order valence-electron chi connectivity index (χ0n) is 11.1. The van der Waals surface area contributed by atoms with Gasteiger partial charge in [0.1, 0.15) is 5.82 Å². The number of hydrogen-bond donors (Lipinski definition) is 1. The van der Waals surface area contributed by atoms with Crippen molar-refractivity contribution in [2.75, 3.05) is 12.3 Å². The highest BCUT2D eigenvalue weighted by Gasteiger charge is 2.40. The van der Waals surface area contributed by atoms with Crippen molar-refractivity contribution in [3.63, 3.8) is 0 Å². The van der Waals surface area contributed by atoms with E-state index >= 15 is 0 Å². The Hall–Kier alpha value is -0.480. The summed E-state index contributed by atoms with van der Waals surface area (Å²) >= 11 is 2.09. The summed E-state index contributed by atoms with van der Waals surface area (Å²) in [6.45, 7) is 5.66. The predicted octanol–water partition coefficient (Wildman–Crippen LogP) is 2.75. The summed E-state index contributed by atoms with van der Waals surface area (Å²) in [5.74, 6) is 2.46. The Morgan fingerprint density at radius 1 is 1.65 bits per heavy atom. The summed E-state index contributed by atoms with van der Waals surface area (Å²) in [6.07, 6.45) is 7.72. The Morgan fingerprint density at radius 2 is 2.47 bits per heavy atom. The largest absolute Gasteiger partial charge is 0.337 e. The minimum Gasteiger partial charge on any atom is -0.337 e. The van der Waals surface area contributed by atoms with Gasteiger partial charge in [-0.25, -0.2) is 4.98 Å². The molecule has 2 unspecified atom stereocenters. The third kappa shape index (κ3) is 2.68. The molecule has 0 saturated carbocycles. The molecule has 2 atom stereocenters. The highest BCUT2D eigenvalue weighted by molar-refractivity contribution is 8.00. The fourth-order valence-electron chi connectivity index (χ4n) is 2.55. The van der Waals surface area contributed by atoms with Crippen LogP contribution in [-0.4, -0.2) is 26.6 Å². The van der Waals surface area contributed by atoms with Crippen molar-refractivity contribution >= 4 is 11.8 Å². The molecule has 4 heteroatoms. The molecule has 0 amide bonds. The molecule has 2 rings (SSSR count). The summed E-state index contributed by atoms with van der Waals surface area (Å²) in [5, 5.41) is 3.69. The van der Waals surface area contributed by atoms with Crippen LogP contribution in [-0.2, 0) is 7.05 Å². The summed E-state index contributed by atoms with van der Waals surface area (Å²) in [5.41, 5.74) is 0. The topological polar surface area (TPSA) is 29.9 Å². The van der Waals surface area contributed by atoms with Crippen molar-refractivity contribution in [3.05, 3.63) is 18.2 Å². The average molecular weight is 253 g/mol. The lowest BCUT2D eigenvalue weighted by Crippen LogP contribution is -2.39. The number of imidazole rings is 1. The molecular formula is C13H23N3S. The summed E-state index contributed by atoms with van der Waals surface area (Å²) in [7, 11) is 2.09. The van der Waals surface area contributed by atoms with Crippen molar-refractivity contribution in [2.24, 2.45) is 7.05 Å². The molecule has 1 N–H and O–H groups in total. The van der Waals surface area contributed by atoms with Gasteiger partial charge in [0, 0.05) is 24.2 Å². The highest BCUT2D eigenvalue weighted by Crippen LogP contribution is 2.46. The third-order valence-electron chi connectivity index (χ3n) is 3.58. The zero-order valence-corrected chi connectivity index (χ0v) is 11.9. The summed E-state index contributed by atoms with van der Waals surface area (Å²) in [6, 6.07) is 0.370. The number of aromatic nitrogens is 2. The van der Waals surface area contributed by atoms with E-state index in [9.17, 15) is 0 Å². The van der Waals surface area contributed by atoms with Crippen LogP contribution >= 0.6 is 11.8 Å². The molecule has 0 bridgehead atoms. The van der Waals surface area contributed by atoms with Gasteiger partial charge in [0.15, 0.2) is 0 Å². The van der Waals surface area contributed by atoms with Crippen LogP contribution < -0.4 is 5.32 Å². The van der Waals surface area contributed by atoms with E-state index in [4.69, 9.17) is 0 Å². The first-order chi connectivity index (χ1) is 8.17. The second-order valence-electron chi connectivity index (χ2n) is 5.05. The van der Waals surface area contributed by atoms with Crippen LogP contribution in [0.1, 0.15) is 45.0 Å². The molecule has 0 spiro atoms. The molecule has 0 radical (unpaired) electrons. The van der Waals surface area contributed by atoms with Gasteiger partial charge in [-0.2, -0.15) is 11.8 Å². The van der Waals surface area contributed by atoms with Crippen molar-refractivity contribution in [1.82, 2.24) is 14.9 Å². The minimum atomic E-state index is 0.300. The van der Waals surface area contributed by atoms with E-state index in [2.05, 4.69) is 47.5 Å². The summed E-state index contributed by atoms with van der Waals surface area (Å²) in [4.78, 5) is 4.55. The van der Waals surface area contributed by atoms with Crippen LogP contribution in [0.4, 0.5) is 0 Å². The minimum absolute atomic E-state index is 0.300. The van der Waals surface area contributed by atoms with Crippen molar-refractivity contribution in [1.29, 1.82) is 0 Å². The van der Waals surface area contributed by atoms with E-state index in [-0.39, 0.29) is 0 Å². The number of aryl methyl sites for hydroxylation is 1. The first-order valence-corrected chi connectivity index (χ1v) is 7.50. The zero-order chi connectivity index (χ0) is 12.3. The van der Waals surface area contributed by atoms with Crippen LogP contribution in [0.5, 0.6) is 0 Å². The predicted molar refractivity (Wildman–Crippen MR) is 74.3 cm³/mol. The van der Waals surface area contributed by atoms with Gasteiger partial charge in [0.05, 0.1) is 6.04 Å². The molecular weight excluding hydrogens is 230 g/mol. The Balaban J connectivity index is 2.21. The molecule has 2 heterocycles. The lowest BCUT2D eigenvalue weighted by atomic mass is 9.95. The Labute approximate surface area is 108 Å². The average Bonchev–Trinajstić information content (AvgIpc) is 2.90. The molecule has 96 valence electrons. The molecule has 1 fully saturated rings. The van der Waals surface area contributed by atoms with Crippen molar-refractivity contribution in [2.45, 2.75) is 43.9 Å². The van der Waals surface area contributed by atoms with E-state index in [1.54, 1.807) is 0 Å². The van der Waals surface area contributed by atoms with Crippen LogP contribution in [0.25, 0.3) is 0 Å². The smallest absolute Gasteiger partial charge is 0.127 e. The van der Waals surface area contributed by atoms with E-state index < -0.39 is 0 Å². The molecule has 0 aliphatic carbocycles. The molecule has 3 nitrogen and oxygen atoms in total. The van der Waals surface area contributed by atoms with Gasteiger partial charge < -0.3 is 9.88 Å². The molecule has 1 aliphatic heterocycles. The third-order valence-corrected chi connectivity index (χ3v) is 5.17. The van der Waals surface area contributed by atoms with Gasteiger partial charge in [0.2, 0.25) is 0 Å². The first-order valence-electron chi connectivity index (χ1n) is 6.52. The van der Waals surface area contributed by atoms with Gasteiger partial charge >= 0.3 is 0 Å². The quantitative estimate of drug-likeness (QED) is 0.875. The standard InChI is InChI=1S/C13H23N3S/c1-4-7-14-11(12-15-8-9-16(12)3)13(2)6-5-10-17-13/h8-9,11,14H,4-7,10H2,1-3H3. The van der Waals surface area contributed by atoms with Crippen LogP contribution in [0.2, 0.25) is 0 Å². The van der Waals surface area contributed by atoms with Crippen molar-refractivity contribution < 1.29 is 0 Å². The van der Waals surface area contributed by atoms with E-state index in [0.717, 1.165) is 6.54 Å². The highest BCUT2D eigenvalue weighted by atomic mass is 32.2. The first kappa shape index (κ1) is 13.0. The number of nitrogens with one attached hydrogen (secondary N) is 1. The Kier molecular flexibility index (Phi) is 4.15. The maximum absolute atomic E-state index is 4.55. The maximum Gasteiger partial charge on any atom is 0.127 e. The number of nitrogens with zero attached hydrogens (tertiary/aromatic N) is 2. The molecule has 17 heavy (non-hydrogen) atoms. The summed E-state index contributed by atoms with van der Waals surface area (Å²) < 4.78 is 2.45. The monoisotopic (exact) mass is 253 g/mol. The Morgan fingerprint density at radius 3 is 3.00 bits per heavy atom. The number of hydrogen-bond acceptors (Lipinski definition) is 3. The van der Waals surface area contributed by atoms with E-state index in [1.807, 2.05) is 12.4 Å². The fraction of sp³-hybridized carbons (Fsp3) is 0.769. The molecule has 1 aromatic rings. The molecule has 1 aliphatic rings. The second-order valence-corrected chi connectivity index (χ2v) is 6.68. The SMILES string of the molecule is CCCNC(c1nccn1C)C1(C)CCCS1. The maximum atomic E-state index is 4.55. The van der Waals surface area contributed by atoms with Crippen LogP contribution in [0.15, 0.2) is 12.4 Å². The van der Waals surface area contributed by atoms with Gasteiger partial charge in [-0.1, -0.05) is 6.92 Å². The van der Waals surface area contributed by atoms with E-state index in [1.165, 1.54) is 30.8 Å². The van der Waals surface area contributed by atoms with Gasteiger partial charge in [-0.15, -0.1) is 0 Å².